The number of nitrogens with zero attached hydrogens (tertiary/aromatic N) is 3. The van der Waals surface area contributed by atoms with Gasteiger partial charge >= 0.3 is 0 Å². The fraction of sp³-hybridized carbons (Fsp3) is 0.333. The predicted octanol–water partition coefficient (Wildman–Crippen LogP) is 2.22. The number of nitriles is 1. The lowest BCUT2D eigenvalue weighted by Crippen LogP contribution is -2.44. The Morgan fingerprint density at radius 3 is 2.58 bits per heavy atom. The Morgan fingerprint density at radius 1 is 1.32 bits per heavy atom. The number of likely N-dealkylation sites (N-methyl/N-ethyl adjacent to an activating group) is 1. The Kier molecular flexibility index (Phi) is 3.98. The molecule has 2 rings (SSSR count). The molecule has 0 spiro atoms. The van der Waals surface area contributed by atoms with Crippen molar-refractivity contribution in [3.05, 3.63) is 53.9 Å². The third-order valence-electron chi connectivity index (χ3n) is 3.11. The molecule has 0 radical (unpaired) electrons. The van der Waals surface area contributed by atoms with Gasteiger partial charge in [-0.3, -0.25) is 10.00 Å². The van der Waals surface area contributed by atoms with Crippen molar-refractivity contribution in [2.45, 2.75) is 25.9 Å². The molecule has 2 aromatic rings. The summed E-state index contributed by atoms with van der Waals surface area (Å²) in [5, 5.41) is 17.4. The largest absolute Gasteiger partial charge is 0.294 e. The zero-order valence-electron chi connectivity index (χ0n) is 11.3. The standard InChI is InChI=1S/C15H18N4/c1-3-17-15(11-16,14-7-5-4-6-8-14)12-19-10-9-13(2)18-19/h4-10,17H,3,12H2,1-2H3. The highest BCUT2D eigenvalue weighted by Crippen LogP contribution is 2.22. The summed E-state index contributed by atoms with van der Waals surface area (Å²) in [6.07, 6.45) is 1.90. The lowest BCUT2D eigenvalue weighted by Gasteiger charge is -2.28. The molecular weight excluding hydrogens is 236 g/mol. The molecule has 0 saturated carbocycles. The van der Waals surface area contributed by atoms with E-state index < -0.39 is 5.54 Å². The van der Waals surface area contributed by atoms with E-state index in [1.54, 1.807) is 0 Å². The summed E-state index contributed by atoms with van der Waals surface area (Å²) in [7, 11) is 0. The Bertz CT molecular complexity index is 567. The number of nitrogens with one attached hydrogen (secondary N) is 1. The number of aryl methyl sites for hydroxylation is 1. The first-order chi connectivity index (χ1) is 9.20. The minimum absolute atomic E-state index is 0.495. The van der Waals surface area contributed by atoms with Gasteiger partial charge in [-0.25, -0.2) is 0 Å². The zero-order valence-corrected chi connectivity index (χ0v) is 11.3. The average Bonchev–Trinajstić information content (AvgIpc) is 2.84. The number of hydrogen-bond donors (Lipinski definition) is 1. The van der Waals surface area contributed by atoms with Crippen LogP contribution in [0.3, 0.4) is 0 Å². The summed E-state index contributed by atoms with van der Waals surface area (Å²) in [5.74, 6) is 0. The van der Waals surface area contributed by atoms with Crippen LogP contribution in [0.1, 0.15) is 18.2 Å². The molecule has 4 nitrogen and oxygen atoms in total. The second-order valence-electron chi connectivity index (χ2n) is 4.57. The van der Waals surface area contributed by atoms with Crippen molar-refractivity contribution in [3.63, 3.8) is 0 Å². The molecule has 1 atom stereocenters. The highest BCUT2D eigenvalue weighted by atomic mass is 15.3. The third kappa shape index (κ3) is 2.83. The van der Waals surface area contributed by atoms with E-state index in [2.05, 4.69) is 16.5 Å². The zero-order chi connectivity index (χ0) is 13.7. The van der Waals surface area contributed by atoms with E-state index in [0.717, 1.165) is 17.8 Å². The van der Waals surface area contributed by atoms with Gasteiger partial charge in [0, 0.05) is 6.20 Å². The van der Waals surface area contributed by atoms with Gasteiger partial charge in [0.15, 0.2) is 5.54 Å². The van der Waals surface area contributed by atoms with Crippen molar-refractivity contribution in [1.82, 2.24) is 15.1 Å². The van der Waals surface area contributed by atoms with E-state index in [4.69, 9.17) is 0 Å². The van der Waals surface area contributed by atoms with Crippen LogP contribution < -0.4 is 5.32 Å². The lowest BCUT2D eigenvalue weighted by molar-refractivity contribution is 0.358. The number of benzene rings is 1. The summed E-state index contributed by atoms with van der Waals surface area (Å²) in [4.78, 5) is 0. The van der Waals surface area contributed by atoms with Crippen LogP contribution in [-0.4, -0.2) is 16.3 Å². The molecule has 1 N–H and O–H groups in total. The highest BCUT2D eigenvalue weighted by Gasteiger charge is 2.32. The molecule has 0 amide bonds. The fourth-order valence-corrected chi connectivity index (χ4v) is 2.21. The molecule has 0 bridgehead atoms. The average molecular weight is 254 g/mol. The number of aromatic nitrogens is 2. The highest BCUT2D eigenvalue weighted by molar-refractivity contribution is 5.31. The number of hydrogen-bond acceptors (Lipinski definition) is 3. The van der Waals surface area contributed by atoms with Crippen molar-refractivity contribution in [1.29, 1.82) is 5.26 Å². The molecule has 1 unspecified atom stereocenters. The molecular formula is C15H18N4. The Morgan fingerprint density at radius 2 is 2.05 bits per heavy atom. The molecule has 19 heavy (non-hydrogen) atoms. The monoisotopic (exact) mass is 254 g/mol. The Labute approximate surface area is 113 Å². The summed E-state index contributed by atoms with van der Waals surface area (Å²) in [6.45, 7) is 5.17. The van der Waals surface area contributed by atoms with Gasteiger partial charge in [-0.15, -0.1) is 0 Å². The van der Waals surface area contributed by atoms with Gasteiger partial charge in [-0.1, -0.05) is 37.3 Å². The van der Waals surface area contributed by atoms with Crippen LogP contribution in [0.15, 0.2) is 42.6 Å². The topological polar surface area (TPSA) is 53.6 Å². The quantitative estimate of drug-likeness (QED) is 0.890. The van der Waals surface area contributed by atoms with Crippen molar-refractivity contribution >= 4 is 0 Å². The lowest BCUT2D eigenvalue weighted by atomic mass is 9.91. The van der Waals surface area contributed by atoms with Crippen molar-refractivity contribution < 1.29 is 0 Å². The SMILES string of the molecule is CCNC(C#N)(Cn1ccc(C)n1)c1ccccc1. The van der Waals surface area contributed by atoms with E-state index in [9.17, 15) is 5.26 Å². The van der Waals surface area contributed by atoms with Crippen LogP contribution in [-0.2, 0) is 12.1 Å². The van der Waals surface area contributed by atoms with Gasteiger partial charge in [-0.05, 0) is 25.1 Å². The van der Waals surface area contributed by atoms with Crippen LogP contribution in [0, 0.1) is 18.3 Å². The van der Waals surface area contributed by atoms with E-state index in [-0.39, 0.29) is 0 Å². The van der Waals surface area contributed by atoms with Crippen LogP contribution in [0.4, 0.5) is 0 Å². The minimum Gasteiger partial charge on any atom is -0.294 e. The van der Waals surface area contributed by atoms with Gasteiger partial charge in [0.25, 0.3) is 0 Å². The maximum absolute atomic E-state index is 9.68. The first-order valence-electron chi connectivity index (χ1n) is 6.42. The van der Waals surface area contributed by atoms with Crippen LogP contribution in [0.2, 0.25) is 0 Å². The molecule has 0 aliphatic rings. The minimum atomic E-state index is -0.742. The van der Waals surface area contributed by atoms with Gasteiger partial charge < -0.3 is 0 Å². The fourth-order valence-electron chi connectivity index (χ4n) is 2.21. The summed E-state index contributed by atoms with van der Waals surface area (Å²) >= 11 is 0. The van der Waals surface area contributed by atoms with E-state index in [1.807, 2.05) is 61.1 Å². The molecule has 0 aliphatic carbocycles. The van der Waals surface area contributed by atoms with Crippen molar-refractivity contribution in [2.24, 2.45) is 0 Å². The summed E-state index contributed by atoms with van der Waals surface area (Å²) in [6, 6.07) is 14.2. The van der Waals surface area contributed by atoms with Crippen molar-refractivity contribution in [2.75, 3.05) is 6.54 Å². The van der Waals surface area contributed by atoms with Gasteiger partial charge in [-0.2, -0.15) is 10.4 Å². The van der Waals surface area contributed by atoms with Crippen LogP contribution >= 0.6 is 0 Å². The van der Waals surface area contributed by atoms with Crippen LogP contribution in [0.5, 0.6) is 0 Å². The van der Waals surface area contributed by atoms with Gasteiger partial charge in [0.2, 0.25) is 0 Å². The Hall–Kier alpha value is -2.12. The maximum Gasteiger partial charge on any atom is 0.152 e. The van der Waals surface area contributed by atoms with E-state index in [1.165, 1.54) is 0 Å². The molecule has 1 heterocycles. The molecule has 1 aromatic heterocycles. The molecule has 0 fully saturated rings. The summed E-state index contributed by atoms with van der Waals surface area (Å²) in [5.41, 5.74) is 1.18. The normalized spacial score (nSPS) is 13.7. The molecule has 0 aliphatic heterocycles. The molecule has 98 valence electrons. The van der Waals surface area contributed by atoms with E-state index in [0.29, 0.717) is 6.54 Å². The summed E-state index contributed by atoms with van der Waals surface area (Å²) < 4.78 is 1.81. The van der Waals surface area contributed by atoms with Crippen LogP contribution in [0.25, 0.3) is 0 Å². The first-order valence-corrected chi connectivity index (χ1v) is 6.42. The smallest absolute Gasteiger partial charge is 0.152 e. The first kappa shape index (κ1) is 13.3. The second-order valence-corrected chi connectivity index (χ2v) is 4.57. The molecule has 1 aromatic carbocycles. The molecule has 4 heteroatoms. The van der Waals surface area contributed by atoms with Crippen molar-refractivity contribution in [3.8, 4) is 6.07 Å². The predicted molar refractivity (Wildman–Crippen MR) is 74.4 cm³/mol. The molecule has 0 saturated heterocycles. The second kappa shape index (κ2) is 5.68. The maximum atomic E-state index is 9.68. The van der Waals surface area contributed by atoms with Gasteiger partial charge in [0.1, 0.15) is 0 Å². The third-order valence-corrected chi connectivity index (χ3v) is 3.11. The Balaban J connectivity index is 2.37. The number of rotatable bonds is 5. The van der Waals surface area contributed by atoms with Gasteiger partial charge in [0.05, 0.1) is 18.3 Å². The van der Waals surface area contributed by atoms with E-state index >= 15 is 0 Å².